The molecular formula is C16H30. The van der Waals surface area contributed by atoms with Crippen LogP contribution in [-0.4, -0.2) is 0 Å². The van der Waals surface area contributed by atoms with Crippen LogP contribution in [0.15, 0.2) is 0 Å². The van der Waals surface area contributed by atoms with Crippen molar-refractivity contribution in [2.24, 2.45) is 29.6 Å². The second-order valence-corrected chi connectivity index (χ2v) is 6.61. The summed E-state index contributed by atoms with van der Waals surface area (Å²) in [5, 5.41) is 0. The van der Waals surface area contributed by atoms with E-state index < -0.39 is 0 Å². The Balaban J connectivity index is 2.04. The first kappa shape index (κ1) is 12.5. The van der Waals surface area contributed by atoms with E-state index in [9.17, 15) is 0 Å². The molecule has 0 nitrogen and oxygen atoms in total. The summed E-state index contributed by atoms with van der Waals surface area (Å²) in [7, 11) is 0. The molecular weight excluding hydrogens is 192 g/mol. The van der Waals surface area contributed by atoms with E-state index in [1.54, 1.807) is 12.8 Å². The molecule has 2 saturated carbocycles. The minimum absolute atomic E-state index is 1.01. The zero-order chi connectivity index (χ0) is 11.5. The Morgan fingerprint density at radius 2 is 1.50 bits per heavy atom. The third-order valence-electron chi connectivity index (χ3n) is 5.51. The average Bonchev–Trinajstić information content (AvgIpc) is 2.87. The van der Waals surface area contributed by atoms with Crippen molar-refractivity contribution in [1.82, 2.24) is 0 Å². The standard InChI is InChI=1S/C16H30/c1-4-7-15(14-8-5-6-9-14)16-12(2)10-11-13(16)3/h12-16H,4-11H2,1-3H3. The second-order valence-electron chi connectivity index (χ2n) is 6.61. The van der Waals surface area contributed by atoms with E-state index in [-0.39, 0.29) is 0 Å². The summed E-state index contributed by atoms with van der Waals surface area (Å²) >= 11 is 0. The van der Waals surface area contributed by atoms with Crippen LogP contribution in [0.3, 0.4) is 0 Å². The molecule has 0 saturated heterocycles. The maximum absolute atomic E-state index is 2.52. The molecule has 0 aliphatic heterocycles. The first-order valence-corrected chi connectivity index (χ1v) is 7.74. The van der Waals surface area contributed by atoms with Crippen LogP contribution in [0.2, 0.25) is 0 Å². The molecule has 94 valence electrons. The minimum Gasteiger partial charge on any atom is -0.0654 e. The molecule has 2 rings (SSSR count). The lowest BCUT2D eigenvalue weighted by Gasteiger charge is -2.34. The molecule has 3 unspecified atom stereocenters. The summed E-state index contributed by atoms with van der Waals surface area (Å²) in [4.78, 5) is 0. The predicted octanol–water partition coefficient (Wildman–Crippen LogP) is 5.28. The van der Waals surface area contributed by atoms with E-state index in [4.69, 9.17) is 0 Å². The van der Waals surface area contributed by atoms with Gasteiger partial charge in [-0.15, -0.1) is 0 Å². The van der Waals surface area contributed by atoms with Gasteiger partial charge in [0.25, 0.3) is 0 Å². The molecule has 0 N–H and O–H groups in total. The highest BCUT2D eigenvalue weighted by Crippen LogP contribution is 2.48. The Kier molecular flexibility index (Phi) is 4.33. The lowest BCUT2D eigenvalue weighted by molar-refractivity contribution is 0.145. The fraction of sp³-hybridized carbons (Fsp3) is 1.00. The predicted molar refractivity (Wildman–Crippen MR) is 71.4 cm³/mol. The zero-order valence-corrected chi connectivity index (χ0v) is 11.5. The Morgan fingerprint density at radius 3 is 2.00 bits per heavy atom. The fourth-order valence-corrected chi connectivity index (χ4v) is 4.78. The lowest BCUT2D eigenvalue weighted by atomic mass is 9.71. The summed E-state index contributed by atoms with van der Waals surface area (Å²) in [6.45, 7) is 7.42. The number of hydrogen-bond donors (Lipinski definition) is 0. The van der Waals surface area contributed by atoms with Crippen LogP contribution in [0.4, 0.5) is 0 Å². The highest BCUT2D eigenvalue weighted by molar-refractivity contribution is 4.89. The van der Waals surface area contributed by atoms with Gasteiger partial charge in [0, 0.05) is 0 Å². The van der Waals surface area contributed by atoms with Crippen LogP contribution < -0.4 is 0 Å². The third-order valence-corrected chi connectivity index (χ3v) is 5.51. The quantitative estimate of drug-likeness (QED) is 0.607. The van der Waals surface area contributed by atoms with Crippen molar-refractivity contribution in [1.29, 1.82) is 0 Å². The molecule has 0 bridgehead atoms. The maximum atomic E-state index is 2.52. The van der Waals surface area contributed by atoms with E-state index >= 15 is 0 Å². The van der Waals surface area contributed by atoms with Gasteiger partial charge in [0.15, 0.2) is 0 Å². The Bertz CT molecular complexity index is 192. The highest BCUT2D eigenvalue weighted by Gasteiger charge is 2.39. The van der Waals surface area contributed by atoms with Gasteiger partial charge >= 0.3 is 0 Å². The average molecular weight is 222 g/mol. The van der Waals surface area contributed by atoms with E-state index in [0.29, 0.717) is 0 Å². The van der Waals surface area contributed by atoms with Crippen molar-refractivity contribution < 1.29 is 0 Å². The van der Waals surface area contributed by atoms with Crippen LogP contribution >= 0.6 is 0 Å². The molecule has 3 atom stereocenters. The Morgan fingerprint density at radius 1 is 0.938 bits per heavy atom. The summed E-state index contributed by atoms with van der Waals surface area (Å²) in [6.07, 6.45) is 12.0. The molecule has 2 aliphatic carbocycles. The van der Waals surface area contributed by atoms with Crippen molar-refractivity contribution in [3.63, 3.8) is 0 Å². The van der Waals surface area contributed by atoms with Crippen molar-refractivity contribution in [3.8, 4) is 0 Å². The lowest BCUT2D eigenvalue weighted by Crippen LogP contribution is -2.27. The van der Waals surface area contributed by atoms with Gasteiger partial charge in [-0.2, -0.15) is 0 Å². The summed E-state index contributed by atoms with van der Waals surface area (Å²) in [5.74, 6) is 5.23. The van der Waals surface area contributed by atoms with Gasteiger partial charge in [-0.1, -0.05) is 72.1 Å². The third kappa shape index (κ3) is 2.46. The zero-order valence-electron chi connectivity index (χ0n) is 11.5. The normalized spacial score (nSPS) is 38.1. The molecule has 16 heavy (non-hydrogen) atoms. The molecule has 0 heterocycles. The SMILES string of the molecule is CCCC(C1CCCC1)C1C(C)CCC1C. The van der Waals surface area contributed by atoms with Crippen LogP contribution in [0.5, 0.6) is 0 Å². The van der Waals surface area contributed by atoms with Crippen LogP contribution in [0.25, 0.3) is 0 Å². The van der Waals surface area contributed by atoms with Gasteiger partial charge in [0.2, 0.25) is 0 Å². The number of rotatable bonds is 4. The monoisotopic (exact) mass is 222 g/mol. The first-order valence-electron chi connectivity index (χ1n) is 7.74. The maximum Gasteiger partial charge on any atom is -0.0332 e. The Hall–Kier alpha value is 0. The second kappa shape index (κ2) is 5.56. The molecule has 0 aromatic heterocycles. The molecule has 0 amide bonds. The van der Waals surface area contributed by atoms with Gasteiger partial charge in [-0.05, 0) is 29.6 Å². The molecule has 0 aromatic rings. The largest absolute Gasteiger partial charge is 0.0654 e. The van der Waals surface area contributed by atoms with Crippen molar-refractivity contribution in [2.45, 2.75) is 72.1 Å². The summed E-state index contributed by atoms with van der Waals surface area (Å²) in [5.41, 5.74) is 0. The van der Waals surface area contributed by atoms with Crippen LogP contribution in [0.1, 0.15) is 72.1 Å². The van der Waals surface area contributed by atoms with E-state index in [1.165, 1.54) is 38.5 Å². The fourth-order valence-electron chi connectivity index (χ4n) is 4.78. The van der Waals surface area contributed by atoms with Crippen LogP contribution in [-0.2, 0) is 0 Å². The van der Waals surface area contributed by atoms with Gasteiger partial charge in [0.1, 0.15) is 0 Å². The van der Waals surface area contributed by atoms with Gasteiger partial charge in [-0.3, -0.25) is 0 Å². The molecule has 2 fully saturated rings. The van der Waals surface area contributed by atoms with Crippen molar-refractivity contribution in [3.05, 3.63) is 0 Å². The Labute approximate surface area is 102 Å². The van der Waals surface area contributed by atoms with Crippen molar-refractivity contribution in [2.75, 3.05) is 0 Å². The topological polar surface area (TPSA) is 0 Å². The smallest absolute Gasteiger partial charge is 0.0332 e. The molecule has 0 radical (unpaired) electrons. The summed E-state index contributed by atoms with van der Waals surface area (Å²) in [6, 6.07) is 0. The minimum atomic E-state index is 1.01. The van der Waals surface area contributed by atoms with E-state index in [1.807, 2.05) is 0 Å². The molecule has 0 heteroatoms. The summed E-state index contributed by atoms with van der Waals surface area (Å²) < 4.78 is 0. The van der Waals surface area contributed by atoms with Gasteiger partial charge in [-0.25, -0.2) is 0 Å². The van der Waals surface area contributed by atoms with E-state index in [2.05, 4.69) is 20.8 Å². The number of hydrogen-bond acceptors (Lipinski definition) is 0. The van der Waals surface area contributed by atoms with Gasteiger partial charge < -0.3 is 0 Å². The van der Waals surface area contributed by atoms with Crippen LogP contribution in [0, 0.1) is 29.6 Å². The van der Waals surface area contributed by atoms with E-state index in [0.717, 1.165) is 29.6 Å². The first-order chi connectivity index (χ1) is 7.74. The molecule has 0 spiro atoms. The van der Waals surface area contributed by atoms with Crippen molar-refractivity contribution >= 4 is 0 Å². The van der Waals surface area contributed by atoms with Gasteiger partial charge in [0.05, 0.1) is 0 Å². The highest BCUT2D eigenvalue weighted by atomic mass is 14.4. The molecule has 2 aliphatic rings. The molecule has 0 aromatic carbocycles.